The van der Waals surface area contributed by atoms with Crippen LogP contribution < -0.4 is 5.32 Å². The summed E-state index contributed by atoms with van der Waals surface area (Å²) in [5, 5.41) is 12.2. The van der Waals surface area contributed by atoms with Crippen molar-refractivity contribution in [2.24, 2.45) is 0 Å². The summed E-state index contributed by atoms with van der Waals surface area (Å²) in [6, 6.07) is 2.16. The summed E-state index contributed by atoms with van der Waals surface area (Å²) < 4.78 is 5.48. The molecule has 0 unspecified atom stereocenters. The Morgan fingerprint density at radius 1 is 1.28 bits per heavy atom. The van der Waals surface area contributed by atoms with Crippen molar-refractivity contribution in [3.63, 3.8) is 0 Å². The van der Waals surface area contributed by atoms with Gasteiger partial charge in [-0.3, -0.25) is 0 Å². The van der Waals surface area contributed by atoms with Crippen LogP contribution in [0.2, 0.25) is 5.15 Å². The molecular weight excluding hydrogens is 340 g/mol. The minimum Gasteiger partial charge on any atom is -0.444 e. The molecule has 138 valence electrons. The van der Waals surface area contributed by atoms with Crippen LogP contribution in [0.4, 0.5) is 10.6 Å². The molecule has 2 heterocycles. The number of aromatic nitrogens is 2. The molecule has 7 heteroatoms. The molecule has 6 nitrogen and oxygen atoms in total. The molecule has 25 heavy (non-hydrogen) atoms. The van der Waals surface area contributed by atoms with E-state index in [4.69, 9.17) is 16.3 Å². The molecule has 0 aromatic carbocycles. The van der Waals surface area contributed by atoms with Crippen molar-refractivity contribution in [1.29, 1.82) is 0 Å². The third kappa shape index (κ3) is 4.75. The van der Waals surface area contributed by atoms with Gasteiger partial charge in [-0.2, -0.15) is 0 Å². The van der Waals surface area contributed by atoms with Crippen molar-refractivity contribution in [3.05, 3.63) is 16.8 Å². The van der Waals surface area contributed by atoms with Gasteiger partial charge in [-0.15, -0.1) is 10.2 Å². The highest BCUT2D eigenvalue weighted by Crippen LogP contribution is 2.39. The topological polar surface area (TPSA) is 67.3 Å². The number of anilines is 1. The molecule has 0 bridgehead atoms. The molecule has 1 aromatic rings. The number of ether oxygens (including phenoxy) is 1. The third-order valence-corrected chi connectivity index (χ3v) is 5.04. The van der Waals surface area contributed by atoms with E-state index >= 15 is 0 Å². The van der Waals surface area contributed by atoms with E-state index < -0.39 is 5.60 Å². The number of piperidine rings is 1. The Hall–Kier alpha value is -1.56. The molecule has 1 aromatic heterocycles. The van der Waals surface area contributed by atoms with Gasteiger partial charge in [-0.1, -0.05) is 18.0 Å². The normalized spacial score (nSPS) is 21.6. The van der Waals surface area contributed by atoms with Gasteiger partial charge in [0.05, 0.1) is 0 Å². The molecule has 1 saturated carbocycles. The molecule has 2 fully saturated rings. The van der Waals surface area contributed by atoms with Crippen molar-refractivity contribution in [1.82, 2.24) is 15.1 Å². The Morgan fingerprint density at radius 3 is 2.68 bits per heavy atom. The molecular formula is C18H27ClN4O2. The second-order valence-electron chi connectivity index (χ2n) is 8.01. The second kappa shape index (κ2) is 7.36. The zero-order valence-electron chi connectivity index (χ0n) is 15.2. The van der Waals surface area contributed by atoms with E-state index in [2.05, 4.69) is 15.5 Å². The van der Waals surface area contributed by atoms with E-state index in [9.17, 15) is 4.79 Å². The highest BCUT2D eigenvalue weighted by molar-refractivity contribution is 6.30. The lowest BCUT2D eigenvalue weighted by atomic mass is 9.81. The maximum Gasteiger partial charge on any atom is 0.410 e. The van der Waals surface area contributed by atoms with Crippen molar-refractivity contribution >= 4 is 23.5 Å². The van der Waals surface area contributed by atoms with Crippen molar-refractivity contribution in [3.8, 4) is 0 Å². The predicted molar refractivity (Wildman–Crippen MR) is 98.1 cm³/mol. The van der Waals surface area contributed by atoms with Crippen LogP contribution in [0.5, 0.6) is 0 Å². The highest BCUT2D eigenvalue weighted by atomic mass is 35.5. The minimum absolute atomic E-state index is 0.144. The van der Waals surface area contributed by atoms with E-state index in [-0.39, 0.29) is 12.1 Å². The quantitative estimate of drug-likeness (QED) is 0.867. The van der Waals surface area contributed by atoms with Gasteiger partial charge in [0.1, 0.15) is 11.4 Å². The Morgan fingerprint density at radius 2 is 2.04 bits per heavy atom. The molecule has 1 saturated heterocycles. The van der Waals surface area contributed by atoms with Crippen LogP contribution in [-0.4, -0.2) is 45.9 Å². The lowest BCUT2D eigenvalue weighted by Crippen LogP contribution is -2.47. The third-order valence-electron chi connectivity index (χ3n) is 4.75. The molecule has 1 amide bonds. The van der Waals surface area contributed by atoms with Crippen LogP contribution in [0.3, 0.4) is 0 Å². The predicted octanol–water partition coefficient (Wildman–Crippen LogP) is 4.21. The number of nitrogens with zero attached hydrogens (tertiary/aromatic N) is 3. The van der Waals surface area contributed by atoms with E-state index in [0.717, 1.165) is 30.8 Å². The van der Waals surface area contributed by atoms with Crippen LogP contribution in [0.1, 0.15) is 64.4 Å². The first-order chi connectivity index (χ1) is 11.8. The molecule has 2 aliphatic rings. The van der Waals surface area contributed by atoms with Crippen LogP contribution in [0.25, 0.3) is 0 Å². The summed E-state index contributed by atoms with van der Waals surface area (Å²) in [6.45, 7) is 6.99. The molecule has 1 aliphatic carbocycles. The van der Waals surface area contributed by atoms with E-state index in [0.29, 0.717) is 17.6 Å². The zero-order chi connectivity index (χ0) is 18.0. The van der Waals surface area contributed by atoms with E-state index in [1.165, 1.54) is 19.3 Å². The first-order valence-corrected chi connectivity index (χ1v) is 9.47. The minimum atomic E-state index is -0.475. The lowest BCUT2D eigenvalue weighted by Gasteiger charge is -2.34. The van der Waals surface area contributed by atoms with Crippen molar-refractivity contribution in [2.45, 2.75) is 70.4 Å². The number of carbonyl (C=O) groups excluding carboxylic acids is 1. The number of hydrogen-bond acceptors (Lipinski definition) is 5. The number of hydrogen-bond donors (Lipinski definition) is 1. The molecule has 3 rings (SSSR count). The van der Waals surface area contributed by atoms with Crippen molar-refractivity contribution < 1.29 is 9.53 Å². The fourth-order valence-electron chi connectivity index (χ4n) is 3.26. The van der Waals surface area contributed by atoms with Gasteiger partial charge in [-0.05, 0) is 64.0 Å². The van der Waals surface area contributed by atoms with Gasteiger partial charge in [0.15, 0.2) is 5.15 Å². The summed E-state index contributed by atoms with van der Waals surface area (Å²) in [5.74, 6) is 1.25. The lowest BCUT2D eigenvalue weighted by molar-refractivity contribution is 0.0206. The van der Waals surface area contributed by atoms with E-state index in [1.54, 1.807) is 4.90 Å². The largest absolute Gasteiger partial charge is 0.444 e. The summed E-state index contributed by atoms with van der Waals surface area (Å²) in [5.41, 5.74) is 0.613. The average Bonchev–Trinajstić information content (AvgIpc) is 2.47. The van der Waals surface area contributed by atoms with Crippen LogP contribution in [0.15, 0.2) is 6.07 Å². The van der Waals surface area contributed by atoms with Crippen LogP contribution >= 0.6 is 11.6 Å². The number of rotatable bonds is 3. The van der Waals surface area contributed by atoms with Gasteiger partial charge < -0.3 is 15.0 Å². The summed E-state index contributed by atoms with van der Waals surface area (Å²) in [7, 11) is 0. The number of nitrogens with one attached hydrogen (secondary N) is 1. The molecule has 1 atom stereocenters. The van der Waals surface area contributed by atoms with Crippen molar-refractivity contribution in [2.75, 3.05) is 18.4 Å². The smallest absolute Gasteiger partial charge is 0.410 e. The first kappa shape index (κ1) is 18.2. The Bertz CT molecular complexity index is 628. The maximum absolute atomic E-state index is 12.3. The molecule has 1 aliphatic heterocycles. The maximum atomic E-state index is 12.3. The zero-order valence-corrected chi connectivity index (χ0v) is 16.0. The molecule has 0 radical (unpaired) electrons. The number of halogens is 1. The Balaban J connectivity index is 1.62. The fraction of sp³-hybridized carbons (Fsp3) is 0.722. The summed E-state index contributed by atoms with van der Waals surface area (Å²) in [4.78, 5) is 14.0. The highest BCUT2D eigenvalue weighted by Gasteiger charge is 2.28. The van der Waals surface area contributed by atoms with Gasteiger partial charge >= 0.3 is 6.09 Å². The summed E-state index contributed by atoms with van der Waals surface area (Å²) in [6.07, 6.45) is 5.26. The van der Waals surface area contributed by atoms with Gasteiger partial charge in [-0.25, -0.2) is 4.79 Å². The average molecular weight is 367 g/mol. The van der Waals surface area contributed by atoms with Crippen LogP contribution in [0, 0.1) is 0 Å². The van der Waals surface area contributed by atoms with Crippen LogP contribution in [-0.2, 0) is 4.74 Å². The fourth-order valence-corrected chi connectivity index (χ4v) is 3.51. The van der Waals surface area contributed by atoms with Gasteiger partial charge in [0.2, 0.25) is 0 Å². The van der Waals surface area contributed by atoms with E-state index in [1.807, 2.05) is 26.8 Å². The molecule has 0 spiro atoms. The SMILES string of the molecule is CC(C)(C)OC(=O)N1CCC[C@@H](Nc2cc(C3CCC3)c(Cl)nn2)C1. The number of likely N-dealkylation sites (tertiary alicyclic amines) is 1. The number of amides is 1. The van der Waals surface area contributed by atoms with Gasteiger partial charge in [0.25, 0.3) is 0 Å². The first-order valence-electron chi connectivity index (χ1n) is 9.09. The Labute approximate surface area is 154 Å². The number of carbonyl (C=O) groups is 1. The summed E-state index contributed by atoms with van der Waals surface area (Å²) >= 11 is 6.20. The molecule has 1 N–H and O–H groups in total. The second-order valence-corrected chi connectivity index (χ2v) is 8.37. The standard InChI is InChI=1S/C18H27ClN4O2/c1-18(2,3)25-17(24)23-9-5-8-13(11-23)20-15-10-14(12-6-4-7-12)16(19)22-21-15/h10,12-13H,4-9,11H2,1-3H3,(H,20,21)/t13-/m1/s1. The monoisotopic (exact) mass is 366 g/mol. The Kier molecular flexibility index (Phi) is 5.37. The van der Waals surface area contributed by atoms with Gasteiger partial charge in [0, 0.05) is 19.1 Å².